The van der Waals surface area contributed by atoms with E-state index >= 15 is 0 Å². The first-order chi connectivity index (χ1) is 12.5. The normalized spacial score (nSPS) is 14.5. The second-order valence-corrected chi connectivity index (χ2v) is 8.02. The summed E-state index contributed by atoms with van der Waals surface area (Å²) < 4.78 is 0. The van der Waals surface area contributed by atoms with E-state index < -0.39 is 0 Å². The molecule has 3 rings (SSSR count). The number of halogens is 1. The van der Waals surface area contributed by atoms with Crippen molar-refractivity contribution in [2.45, 2.75) is 36.3 Å². The maximum Gasteiger partial charge on any atom is 0.237 e. The summed E-state index contributed by atoms with van der Waals surface area (Å²) in [5, 5.41) is 6.21. The number of thioether (sulfide) groups is 1. The highest BCUT2D eigenvalue weighted by molar-refractivity contribution is 8.00. The summed E-state index contributed by atoms with van der Waals surface area (Å²) >= 11 is 7.46. The van der Waals surface area contributed by atoms with Crippen molar-refractivity contribution < 1.29 is 9.59 Å². The molecule has 2 amide bonds. The Hall–Kier alpha value is -1.98. The minimum absolute atomic E-state index is 0.0628. The maximum atomic E-state index is 12.6. The molecule has 1 atom stereocenters. The van der Waals surface area contributed by atoms with Crippen molar-refractivity contribution in [3.63, 3.8) is 0 Å². The quantitative estimate of drug-likeness (QED) is 0.641. The average molecular weight is 389 g/mol. The number of carbonyl (C=O) groups excluding carboxylic acids is 2. The van der Waals surface area contributed by atoms with Crippen LogP contribution in [0.5, 0.6) is 0 Å². The van der Waals surface area contributed by atoms with Gasteiger partial charge in [-0.05, 0) is 55.7 Å². The molecule has 1 unspecified atom stereocenters. The maximum absolute atomic E-state index is 12.6. The molecule has 0 aliphatic heterocycles. The SMILES string of the molecule is CCC(Sc1cccc(NC(=O)C2CC2)c1)C(=O)Nc1cccc(Cl)c1. The molecule has 1 aliphatic carbocycles. The highest BCUT2D eigenvalue weighted by Gasteiger charge is 2.29. The van der Waals surface area contributed by atoms with Gasteiger partial charge in [0.15, 0.2) is 0 Å². The standard InChI is InChI=1S/C20H21ClN2O2S/c1-2-18(20(25)23-15-6-3-5-14(21)11-15)26-17-8-4-7-16(12-17)22-19(24)13-9-10-13/h3-8,11-13,18H,2,9-10H2,1H3,(H,22,24)(H,23,25). The van der Waals surface area contributed by atoms with Gasteiger partial charge in [-0.25, -0.2) is 0 Å². The summed E-state index contributed by atoms with van der Waals surface area (Å²) in [6, 6.07) is 14.7. The van der Waals surface area contributed by atoms with E-state index in [9.17, 15) is 9.59 Å². The van der Waals surface area contributed by atoms with Crippen LogP contribution in [-0.4, -0.2) is 17.1 Å². The van der Waals surface area contributed by atoms with Crippen molar-refractivity contribution in [1.29, 1.82) is 0 Å². The third-order valence-corrected chi connectivity index (χ3v) is 5.68. The van der Waals surface area contributed by atoms with Crippen molar-refractivity contribution in [2.75, 3.05) is 10.6 Å². The largest absolute Gasteiger partial charge is 0.326 e. The molecule has 0 bridgehead atoms. The monoisotopic (exact) mass is 388 g/mol. The Morgan fingerprint density at radius 2 is 1.81 bits per heavy atom. The number of carbonyl (C=O) groups is 2. The van der Waals surface area contributed by atoms with E-state index in [0.29, 0.717) is 17.1 Å². The molecular weight excluding hydrogens is 368 g/mol. The zero-order valence-corrected chi connectivity index (χ0v) is 16.1. The Morgan fingerprint density at radius 3 is 2.46 bits per heavy atom. The molecule has 2 N–H and O–H groups in total. The van der Waals surface area contributed by atoms with Gasteiger partial charge in [-0.3, -0.25) is 9.59 Å². The van der Waals surface area contributed by atoms with Crippen LogP contribution in [0.1, 0.15) is 26.2 Å². The van der Waals surface area contributed by atoms with Gasteiger partial charge in [-0.1, -0.05) is 30.7 Å². The zero-order chi connectivity index (χ0) is 18.5. The van der Waals surface area contributed by atoms with Crippen molar-refractivity contribution >= 4 is 46.6 Å². The second kappa shape index (κ2) is 8.60. The van der Waals surface area contributed by atoms with Crippen LogP contribution < -0.4 is 10.6 Å². The molecule has 136 valence electrons. The predicted octanol–water partition coefficient (Wildman–Crippen LogP) is 5.20. The van der Waals surface area contributed by atoms with Gasteiger partial charge >= 0.3 is 0 Å². The van der Waals surface area contributed by atoms with E-state index in [1.54, 1.807) is 18.2 Å². The number of amides is 2. The molecular formula is C20H21ClN2O2S. The van der Waals surface area contributed by atoms with Crippen LogP contribution in [0.4, 0.5) is 11.4 Å². The molecule has 0 radical (unpaired) electrons. The van der Waals surface area contributed by atoms with Crippen LogP contribution in [0.3, 0.4) is 0 Å². The molecule has 6 heteroatoms. The Bertz CT molecular complexity index is 808. The Kier molecular flexibility index (Phi) is 6.22. The fourth-order valence-corrected chi connectivity index (χ4v) is 3.72. The third-order valence-electron chi connectivity index (χ3n) is 4.08. The van der Waals surface area contributed by atoms with Crippen molar-refractivity contribution in [3.05, 3.63) is 53.6 Å². The average Bonchev–Trinajstić information content (AvgIpc) is 3.45. The highest BCUT2D eigenvalue weighted by atomic mass is 35.5. The van der Waals surface area contributed by atoms with Crippen LogP contribution in [0, 0.1) is 5.92 Å². The summed E-state index contributed by atoms with van der Waals surface area (Å²) in [5.41, 5.74) is 1.46. The number of anilines is 2. The van der Waals surface area contributed by atoms with Crippen molar-refractivity contribution in [1.82, 2.24) is 0 Å². The van der Waals surface area contributed by atoms with Gasteiger partial charge in [0, 0.05) is 27.2 Å². The van der Waals surface area contributed by atoms with E-state index in [-0.39, 0.29) is 23.0 Å². The fraction of sp³-hybridized carbons (Fsp3) is 0.300. The molecule has 0 aromatic heterocycles. The number of benzene rings is 2. The molecule has 2 aromatic rings. The highest BCUT2D eigenvalue weighted by Crippen LogP contribution is 2.32. The molecule has 0 heterocycles. The summed E-state index contributed by atoms with van der Waals surface area (Å²) in [5.74, 6) is 0.184. The van der Waals surface area contributed by atoms with Crippen LogP contribution in [0.25, 0.3) is 0 Å². The van der Waals surface area contributed by atoms with Gasteiger partial charge in [0.2, 0.25) is 11.8 Å². The molecule has 2 aromatic carbocycles. The van der Waals surface area contributed by atoms with E-state index in [4.69, 9.17) is 11.6 Å². The molecule has 26 heavy (non-hydrogen) atoms. The lowest BCUT2D eigenvalue weighted by molar-refractivity contribution is -0.117. The molecule has 1 aliphatic rings. The molecule has 0 spiro atoms. The lowest BCUT2D eigenvalue weighted by Gasteiger charge is -2.15. The topological polar surface area (TPSA) is 58.2 Å². The first kappa shape index (κ1) is 18.8. The molecule has 4 nitrogen and oxygen atoms in total. The molecule has 1 fully saturated rings. The Balaban J connectivity index is 1.63. The third kappa shape index (κ3) is 5.26. The summed E-state index contributed by atoms with van der Waals surface area (Å²) in [7, 11) is 0. The predicted molar refractivity (Wildman–Crippen MR) is 108 cm³/mol. The number of hydrogen-bond acceptors (Lipinski definition) is 3. The lowest BCUT2D eigenvalue weighted by Crippen LogP contribution is -2.24. The van der Waals surface area contributed by atoms with Gasteiger partial charge in [0.1, 0.15) is 0 Å². The van der Waals surface area contributed by atoms with Crippen molar-refractivity contribution in [2.24, 2.45) is 5.92 Å². The number of rotatable bonds is 7. The van der Waals surface area contributed by atoms with Crippen LogP contribution in [0.2, 0.25) is 5.02 Å². The smallest absolute Gasteiger partial charge is 0.237 e. The fourth-order valence-electron chi connectivity index (χ4n) is 2.51. The lowest BCUT2D eigenvalue weighted by atomic mass is 10.2. The zero-order valence-electron chi connectivity index (χ0n) is 14.5. The van der Waals surface area contributed by atoms with E-state index in [2.05, 4.69) is 10.6 Å². The van der Waals surface area contributed by atoms with E-state index in [1.807, 2.05) is 37.3 Å². The summed E-state index contributed by atoms with van der Waals surface area (Å²) in [4.78, 5) is 25.4. The number of hydrogen-bond donors (Lipinski definition) is 2. The second-order valence-electron chi connectivity index (χ2n) is 6.31. The number of nitrogens with one attached hydrogen (secondary N) is 2. The van der Waals surface area contributed by atoms with Crippen molar-refractivity contribution in [3.8, 4) is 0 Å². The first-order valence-electron chi connectivity index (χ1n) is 8.69. The minimum Gasteiger partial charge on any atom is -0.326 e. The minimum atomic E-state index is -0.233. The van der Waals surface area contributed by atoms with E-state index in [0.717, 1.165) is 23.4 Å². The van der Waals surface area contributed by atoms with Gasteiger partial charge < -0.3 is 10.6 Å². The molecule has 1 saturated carbocycles. The Labute approximate surface area is 162 Å². The van der Waals surface area contributed by atoms with Crippen LogP contribution in [0.15, 0.2) is 53.4 Å². The van der Waals surface area contributed by atoms with E-state index in [1.165, 1.54) is 11.8 Å². The molecule has 0 saturated heterocycles. The Morgan fingerprint density at radius 1 is 1.12 bits per heavy atom. The summed E-state index contributed by atoms with van der Waals surface area (Å²) in [6.45, 7) is 1.98. The van der Waals surface area contributed by atoms with Gasteiger partial charge in [0.05, 0.1) is 5.25 Å². The van der Waals surface area contributed by atoms with Crippen LogP contribution >= 0.6 is 23.4 Å². The van der Waals surface area contributed by atoms with Gasteiger partial charge in [0.25, 0.3) is 0 Å². The van der Waals surface area contributed by atoms with Crippen LogP contribution in [-0.2, 0) is 9.59 Å². The first-order valence-corrected chi connectivity index (χ1v) is 9.95. The van der Waals surface area contributed by atoms with Gasteiger partial charge in [-0.15, -0.1) is 11.8 Å². The summed E-state index contributed by atoms with van der Waals surface area (Å²) in [6.07, 6.45) is 2.64. The van der Waals surface area contributed by atoms with Gasteiger partial charge in [-0.2, -0.15) is 0 Å².